The van der Waals surface area contributed by atoms with Crippen molar-refractivity contribution in [2.24, 2.45) is 4.99 Å². The first-order valence-corrected chi connectivity index (χ1v) is 4.06. The van der Waals surface area contributed by atoms with Gasteiger partial charge in [-0.05, 0) is 24.4 Å². The summed E-state index contributed by atoms with van der Waals surface area (Å²) in [6.45, 7) is 1.12. The van der Waals surface area contributed by atoms with Gasteiger partial charge in [-0.15, -0.1) is 0 Å². The molecule has 0 bridgehead atoms. The van der Waals surface area contributed by atoms with E-state index in [0.717, 1.165) is 5.75 Å². The van der Waals surface area contributed by atoms with Crippen molar-refractivity contribution in [3.63, 3.8) is 0 Å². The van der Waals surface area contributed by atoms with Crippen molar-refractivity contribution in [2.75, 3.05) is 13.2 Å². The molecule has 0 heterocycles. The van der Waals surface area contributed by atoms with E-state index in [9.17, 15) is 0 Å². The lowest BCUT2D eigenvalue weighted by atomic mass is 10.3. The molecule has 0 fully saturated rings. The molecule has 0 aliphatic rings. The topological polar surface area (TPSA) is 21.6 Å². The predicted octanol–water partition coefficient (Wildman–Crippen LogP) is 2.17. The van der Waals surface area contributed by atoms with Gasteiger partial charge in [-0.2, -0.15) is 0 Å². The third-order valence-corrected chi connectivity index (χ3v) is 1.41. The van der Waals surface area contributed by atoms with E-state index in [1.54, 1.807) is 0 Å². The summed E-state index contributed by atoms with van der Waals surface area (Å²) in [5.41, 5.74) is 0. The number of hydrogen-bond acceptors (Lipinski definition) is 3. The standard InChI is InChI=1S/C9H9NOS/c12-8-10-6-7-11-9-4-2-1-3-5-9/h1-5H,6-7H2. The molecule has 0 amide bonds. The van der Waals surface area contributed by atoms with Crippen LogP contribution in [0.15, 0.2) is 35.3 Å². The first-order chi connectivity index (χ1) is 5.93. The molecule has 0 aromatic heterocycles. The van der Waals surface area contributed by atoms with Crippen LogP contribution in [0.2, 0.25) is 0 Å². The lowest BCUT2D eigenvalue weighted by Gasteiger charge is -2.01. The molecule has 0 atom stereocenters. The highest BCUT2D eigenvalue weighted by molar-refractivity contribution is 7.78. The van der Waals surface area contributed by atoms with Gasteiger partial charge in [-0.25, -0.2) is 4.99 Å². The number of nitrogens with zero attached hydrogens (tertiary/aromatic N) is 1. The molecular weight excluding hydrogens is 170 g/mol. The Balaban J connectivity index is 2.29. The number of para-hydroxylation sites is 1. The highest BCUT2D eigenvalue weighted by Gasteiger charge is 1.88. The Morgan fingerprint density at radius 3 is 2.75 bits per heavy atom. The molecule has 2 nitrogen and oxygen atoms in total. The second-order valence-corrected chi connectivity index (χ2v) is 2.32. The Morgan fingerprint density at radius 2 is 2.08 bits per heavy atom. The minimum atomic E-state index is 0.549. The summed E-state index contributed by atoms with van der Waals surface area (Å²) < 4.78 is 5.33. The van der Waals surface area contributed by atoms with E-state index in [2.05, 4.69) is 22.4 Å². The molecule has 0 saturated heterocycles. The zero-order valence-electron chi connectivity index (χ0n) is 6.56. The molecule has 0 unspecified atom stereocenters. The molecule has 0 radical (unpaired) electrons. The first kappa shape index (κ1) is 8.91. The zero-order valence-corrected chi connectivity index (χ0v) is 7.38. The maximum absolute atomic E-state index is 5.33. The van der Waals surface area contributed by atoms with Gasteiger partial charge >= 0.3 is 0 Å². The molecule has 1 aromatic carbocycles. The third-order valence-electron chi connectivity index (χ3n) is 1.28. The maximum atomic E-state index is 5.33. The molecule has 1 rings (SSSR count). The average molecular weight is 179 g/mol. The van der Waals surface area contributed by atoms with Gasteiger partial charge in [0.1, 0.15) is 12.4 Å². The minimum absolute atomic E-state index is 0.549. The summed E-state index contributed by atoms with van der Waals surface area (Å²) in [5, 5.41) is 2.28. The number of thiocarbonyl (C=S) groups is 1. The van der Waals surface area contributed by atoms with E-state index in [1.807, 2.05) is 30.3 Å². The van der Waals surface area contributed by atoms with Gasteiger partial charge in [0, 0.05) is 0 Å². The summed E-state index contributed by atoms with van der Waals surface area (Å²) in [6, 6.07) is 9.61. The second-order valence-electron chi connectivity index (χ2n) is 2.13. The van der Waals surface area contributed by atoms with Crippen LogP contribution in [0.4, 0.5) is 0 Å². The molecule has 3 heteroatoms. The molecule has 1 aromatic rings. The van der Waals surface area contributed by atoms with Gasteiger partial charge in [-0.1, -0.05) is 18.2 Å². The van der Waals surface area contributed by atoms with Crippen molar-refractivity contribution in [1.29, 1.82) is 0 Å². The number of isothiocyanates is 1. The maximum Gasteiger partial charge on any atom is 0.119 e. The van der Waals surface area contributed by atoms with Crippen molar-refractivity contribution in [3.05, 3.63) is 30.3 Å². The molecule has 0 aliphatic heterocycles. The van der Waals surface area contributed by atoms with Gasteiger partial charge < -0.3 is 4.74 Å². The highest BCUT2D eigenvalue weighted by Crippen LogP contribution is 2.07. The second kappa shape index (κ2) is 5.47. The lowest BCUT2D eigenvalue weighted by molar-refractivity contribution is 0.329. The van der Waals surface area contributed by atoms with Crippen LogP contribution >= 0.6 is 12.2 Å². The molecule has 0 spiro atoms. The monoisotopic (exact) mass is 179 g/mol. The van der Waals surface area contributed by atoms with Gasteiger partial charge in [0.05, 0.1) is 11.7 Å². The van der Waals surface area contributed by atoms with Crippen molar-refractivity contribution in [1.82, 2.24) is 0 Å². The van der Waals surface area contributed by atoms with Gasteiger partial charge in [-0.3, -0.25) is 0 Å². The quantitative estimate of drug-likeness (QED) is 0.401. The lowest BCUT2D eigenvalue weighted by Crippen LogP contribution is -1.99. The number of hydrogen-bond donors (Lipinski definition) is 0. The van der Waals surface area contributed by atoms with E-state index in [1.165, 1.54) is 0 Å². The first-order valence-electron chi connectivity index (χ1n) is 3.65. The normalized spacial score (nSPS) is 8.67. The summed E-state index contributed by atoms with van der Waals surface area (Å²) in [5.74, 6) is 0.858. The number of ether oxygens (including phenoxy) is 1. The van der Waals surface area contributed by atoms with Crippen molar-refractivity contribution in [3.8, 4) is 5.75 Å². The van der Waals surface area contributed by atoms with E-state index < -0.39 is 0 Å². The van der Waals surface area contributed by atoms with Crippen molar-refractivity contribution in [2.45, 2.75) is 0 Å². The molecule has 0 aliphatic carbocycles. The number of aliphatic imine (C=N–C) groups is 1. The van der Waals surface area contributed by atoms with E-state index in [4.69, 9.17) is 4.74 Å². The van der Waals surface area contributed by atoms with Gasteiger partial charge in [0.15, 0.2) is 0 Å². The van der Waals surface area contributed by atoms with Crippen molar-refractivity contribution < 1.29 is 4.74 Å². The van der Waals surface area contributed by atoms with Gasteiger partial charge in [0.2, 0.25) is 0 Å². The number of benzene rings is 1. The third kappa shape index (κ3) is 3.28. The van der Waals surface area contributed by atoms with E-state index in [-0.39, 0.29) is 0 Å². The Labute approximate surface area is 76.9 Å². The van der Waals surface area contributed by atoms with Crippen LogP contribution in [0, 0.1) is 0 Å². The fourth-order valence-electron chi connectivity index (χ4n) is 0.772. The van der Waals surface area contributed by atoms with E-state index >= 15 is 0 Å². The molecular formula is C9H9NOS. The van der Waals surface area contributed by atoms with Crippen LogP contribution in [0.3, 0.4) is 0 Å². The molecule has 0 saturated carbocycles. The fraction of sp³-hybridized carbons (Fsp3) is 0.222. The summed E-state index contributed by atoms with van der Waals surface area (Å²) in [4.78, 5) is 3.73. The Hall–Kier alpha value is -1.18. The molecule has 62 valence electrons. The summed E-state index contributed by atoms with van der Waals surface area (Å²) >= 11 is 4.41. The number of rotatable bonds is 4. The molecule has 0 N–H and O–H groups in total. The summed E-state index contributed by atoms with van der Waals surface area (Å²) in [6.07, 6.45) is 0. The van der Waals surface area contributed by atoms with Crippen molar-refractivity contribution >= 4 is 17.4 Å². The van der Waals surface area contributed by atoms with Crippen LogP contribution in [-0.2, 0) is 0 Å². The smallest absolute Gasteiger partial charge is 0.119 e. The minimum Gasteiger partial charge on any atom is -0.492 e. The SMILES string of the molecule is S=C=NCCOc1ccccc1. The Bertz CT molecular complexity index is 267. The molecule has 12 heavy (non-hydrogen) atoms. The Morgan fingerprint density at radius 1 is 1.33 bits per heavy atom. The average Bonchev–Trinajstić information content (AvgIpc) is 2.14. The van der Waals surface area contributed by atoms with Gasteiger partial charge in [0.25, 0.3) is 0 Å². The highest BCUT2D eigenvalue weighted by atomic mass is 32.1. The fourth-order valence-corrected chi connectivity index (χ4v) is 0.863. The largest absolute Gasteiger partial charge is 0.492 e. The van der Waals surface area contributed by atoms with Crippen LogP contribution in [0.5, 0.6) is 5.75 Å². The van der Waals surface area contributed by atoms with Crippen LogP contribution in [-0.4, -0.2) is 18.3 Å². The van der Waals surface area contributed by atoms with Crippen LogP contribution < -0.4 is 4.74 Å². The van der Waals surface area contributed by atoms with E-state index in [0.29, 0.717) is 13.2 Å². The van der Waals surface area contributed by atoms with Crippen LogP contribution in [0.25, 0.3) is 0 Å². The summed E-state index contributed by atoms with van der Waals surface area (Å²) in [7, 11) is 0. The van der Waals surface area contributed by atoms with Crippen LogP contribution in [0.1, 0.15) is 0 Å². The zero-order chi connectivity index (χ0) is 8.65. The Kier molecular flexibility index (Phi) is 4.06. The predicted molar refractivity (Wildman–Crippen MR) is 51.8 cm³/mol.